The van der Waals surface area contributed by atoms with Gasteiger partial charge >= 0.3 is 6.16 Å². The summed E-state index contributed by atoms with van der Waals surface area (Å²) < 4.78 is 4.24. The van der Waals surface area contributed by atoms with Crippen molar-refractivity contribution in [1.82, 2.24) is 0 Å². The second-order valence-electron chi connectivity index (χ2n) is 2.83. The number of non-ortho nitro benzene ring substituents is 1. The molecule has 1 N–H and O–H groups in total. The van der Waals surface area contributed by atoms with E-state index in [0.29, 0.717) is 0 Å². The van der Waals surface area contributed by atoms with E-state index in [4.69, 9.17) is 5.11 Å². The number of hydrogen-bond donors (Lipinski definition) is 1. The summed E-state index contributed by atoms with van der Waals surface area (Å²) in [5.41, 5.74) is -0.113. The van der Waals surface area contributed by atoms with Gasteiger partial charge in [0.1, 0.15) is 5.75 Å². The van der Waals surface area contributed by atoms with Gasteiger partial charge in [-0.15, -0.1) is 0 Å². The van der Waals surface area contributed by atoms with Crippen molar-refractivity contribution in [3.05, 3.63) is 34.4 Å². The molecule has 16 heavy (non-hydrogen) atoms. The number of carbonyl (C=O) groups is 1. The van der Waals surface area contributed by atoms with Crippen LogP contribution in [-0.2, 0) is 0 Å². The third-order valence-electron chi connectivity index (χ3n) is 1.25. The molecule has 0 atom stereocenters. The molecule has 1 aromatic rings. The Morgan fingerprint density at radius 1 is 1.38 bits per heavy atom. The SMILES string of the molecule is CCC.O=C(O)Oc1ccc([N+](=O)[O-])cc1. The zero-order valence-electron chi connectivity index (χ0n) is 9.04. The van der Waals surface area contributed by atoms with Crippen LogP contribution in [0.15, 0.2) is 24.3 Å². The van der Waals surface area contributed by atoms with Gasteiger partial charge in [0.05, 0.1) is 4.92 Å². The summed E-state index contributed by atoms with van der Waals surface area (Å²) in [7, 11) is 0. The van der Waals surface area contributed by atoms with Gasteiger partial charge < -0.3 is 9.84 Å². The van der Waals surface area contributed by atoms with Crippen molar-refractivity contribution in [2.75, 3.05) is 0 Å². The van der Waals surface area contributed by atoms with Gasteiger partial charge in [0.15, 0.2) is 0 Å². The molecule has 88 valence electrons. The summed E-state index contributed by atoms with van der Waals surface area (Å²) >= 11 is 0. The molecule has 0 radical (unpaired) electrons. The fourth-order valence-electron chi connectivity index (χ4n) is 0.737. The molecule has 6 heteroatoms. The quantitative estimate of drug-likeness (QED) is 0.363. The Hall–Kier alpha value is -2.11. The Balaban J connectivity index is 0.000000673. The summed E-state index contributed by atoms with van der Waals surface area (Å²) in [4.78, 5) is 19.6. The van der Waals surface area contributed by atoms with E-state index in [-0.39, 0.29) is 11.4 Å². The van der Waals surface area contributed by atoms with Gasteiger partial charge in [-0.05, 0) is 12.1 Å². The zero-order valence-corrected chi connectivity index (χ0v) is 9.04. The molecule has 0 bridgehead atoms. The summed E-state index contributed by atoms with van der Waals surface area (Å²) in [5.74, 6) is 0.0538. The van der Waals surface area contributed by atoms with Crippen LogP contribution in [0.3, 0.4) is 0 Å². The van der Waals surface area contributed by atoms with E-state index >= 15 is 0 Å². The van der Waals surface area contributed by atoms with Gasteiger partial charge in [0, 0.05) is 12.1 Å². The fourth-order valence-corrected chi connectivity index (χ4v) is 0.737. The highest BCUT2D eigenvalue weighted by atomic mass is 16.7. The molecule has 0 saturated carbocycles. The fraction of sp³-hybridized carbons (Fsp3) is 0.300. The van der Waals surface area contributed by atoms with E-state index in [1.54, 1.807) is 0 Å². The summed E-state index contributed by atoms with van der Waals surface area (Å²) in [6.45, 7) is 4.25. The molecule has 0 amide bonds. The lowest BCUT2D eigenvalue weighted by Crippen LogP contribution is -2.02. The molecule has 6 nitrogen and oxygen atoms in total. The van der Waals surface area contributed by atoms with Gasteiger partial charge in [-0.25, -0.2) is 4.79 Å². The predicted octanol–water partition coefficient (Wildman–Crippen LogP) is 3.07. The number of benzene rings is 1. The third kappa shape index (κ3) is 5.58. The molecule has 0 saturated heterocycles. The monoisotopic (exact) mass is 227 g/mol. The Morgan fingerprint density at radius 2 is 1.81 bits per heavy atom. The van der Waals surface area contributed by atoms with Gasteiger partial charge in [-0.1, -0.05) is 20.3 Å². The lowest BCUT2D eigenvalue weighted by molar-refractivity contribution is -0.384. The minimum Gasteiger partial charge on any atom is -0.449 e. The average molecular weight is 227 g/mol. The second kappa shape index (κ2) is 7.22. The Bertz CT molecular complexity index is 347. The first-order chi connectivity index (χ1) is 7.51. The number of carboxylic acid groups (broad SMARTS) is 1. The maximum Gasteiger partial charge on any atom is 0.511 e. The lowest BCUT2D eigenvalue weighted by atomic mass is 10.3. The number of nitro benzene ring substituents is 1. The third-order valence-corrected chi connectivity index (χ3v) is 1.25. The molecule has 0 fully saturated rings. The molecular formula is C10H13NO5. The standard InChI is InChI=1S/C7H5NO5.C3H8/c9-7(10)13-6-3-1-5(2-4-6)8(11)12;1-3-2/h1-4H,(H,9,10);3H2,1-2H3. The maximum absolute atomic E-state index is 10.2. The maximum atomic E-state index is 10.2. The molecule has 0 unspecified atom stereocenters. The normalized spacial score (nSPS) is 8.62. The minimum absolute atomic E-state index is 0.0538. The molecule has 0 aliphatic heterocycles. The van der Waals surface area contributed by atoms with E-state index in [2.05, 4.69) is 18.6 Å². The largest absolute Gasteiger partial charge is 0.511 e. The lowest BCUT2D eigenvalue weighted by Gasteiger charge is -1.97. The average Bonchev–Trinajstić information content (AvgIpc) is 2.18. The molecule has 0 aliphatic rings. The molecule has 0 spiro atoms. The van der Waals surface area contributed by atoms with Crippen LogP contribution in [0.2, 0.25) is 0 Å². The number of nitro groups is 1. The van der Waals surface area contributed by atoms with Crippen LogP contribution in [0.4, 0.5) is 10.5 Å². The minimum atomic E-state index is -1.45. The number of nitrogens with zero attached hydrogens (tertiary/aromatic N) is 1. The topological polar surface area (TPSA) is 89.7 Å². The van der Waals surface area contributed by atoms with Crippen molar-refractivity contribution in [2.24, 2.45) is 0 Å². The van der Waals surface area contributed by atoms with Crippen LogP contribution in [0.25, 0.3) is 0 Å². The van der Waals surface area contributed by atoms with Gasteiger partial charge in [-0.3, -0.25) is 10.1 Å². The molecular weight excluding hydrogens is 214 g/mol. The Kier molecular flexibility index (Phi) is 6.27. The highest BCUT2D eigenvalue weighted by Gasteiger charge is 2.05. The zero-order chi connectivity index (χ0) is 12.6. The first kappa shape index (κ1) is 13.9. The molecule has 0 aliphatic carbocycles. The van der Waals surface area contributed by atoms with E-state index in [0.717, 1.165) is 12.1 Å². The van der Waals surface area contributed by atoms with Crippen molar-refractivity contribution < 1.29 is 19.6 Å². The van der Waals surface area contributed by atoms with E-state index < -0.39 is 11.1 Å². The van der Waals surface area contributed by atoms with E-state index in [1.165, 1.54) is 18.6 Å². The van der Waals surface area contributed by atoms with Crippen LogP contribution in [0.5, 0.6) is 5.75 Å². The first-order valence-corrected chi connectivity index (χ1v) is 4.66. The van der Waals surface area contributed by atoms with Gasteiger partial charge in [0.2, 0.25) is 0 Å². The second-order valence-corrected chi connectivity index (χ2v) is 2.83. The van der Waals surface area contributed by atoms with E-state index in [1.807, 2.05) is 0 Å². The first-order valence-electron chi connectivity index (χ1n) is 4.66. The highest BCUT2D eigenvalue weighted by molar-refractivity contribution is 5.61. The van der Waals surface area contributed by atoms with E-state index in [9.17, 15) is 14.9 Å². The van der Waals surface area contributed by atoms with Crippen molar-refractivity contribution in [3.63, 3.8) is 0 Å². The van der Waals surface area contributed by atoms with Crippen LogP contribution in [-0.4, -0.2) is 16.2 Å². The van der Waals surface area contributed by atoms with Crippen molar-refractivity contribution in [2.45, 2.75) is 20.3 Å². The number of rotatable bonds is 2. The smallest absolute Gasteiger partial charge is 0.449 e. The summed E-state index contributed by atoms with van der Waals surface area (Å²) in [6.07, 6.45) is -0.200. The van der Waals surface area contributed by atoms with Crippen LogP contribution >= 0.6 is 0 Å². The highest BCUT2D eigenvalue weighted by Crippen LogP contribution is 2.17. The Labute approximate surface area is 92.6 Å². The number of ether oxygens (including phenoxy) is 1. The molecule has 0 aromatic heterocycles. The predicted molar refractivity (Wildman–Crippen MR) is 57.7 cm³/mol. The number of hydrogen-bond acceptors (Lipinski definition) is 4. The van der Waals surface area contributed by atoms with Crippen molar-refractivity contribution >= 4 is 11.8 Å². The van der Waals surface area contributed by atoms with Crippen molar-refractivity contribution in [3.8, 4) is 5.75 Å². The van der Waals surface area contributed by atoms with Crippen LogP contribution < -0.4 is 4.74 Å². The van der Waals surface area contributed by atoms with Gasteiger partial charge in [-0.2, -0.15) is 0 Å². The Morgan fingerprint density at radius 3 is 2.12 bits per heavy atom. The van der Waals surface area contributed by atoms with Crippen molar-refractivity contribution in [1.29, 1.82) is 0 Å². The molecule has 1 aromatic carbocycles. The summed E-state index contributed by atoms with van der Waals surface area (Å²) in [6, 6.07) is 4.76. The van der Waals surface area contributed by atoms with Crippen LogP contribution in [0, 0.1) is 10.1 Å². The molecule has 1 rings (SSSR count). The molecule has 0 heterocycles. The summed E-state index contributed by atoms with van der Waals surface area (Å²) in [5, 5.41) is 18.4. The van der Waals surface area contributed by atoms with Gasteiger partial charge in [0.25, 0.3) is 5.69 Å². The van der Waals surface area contributed by atoms with Crippen LogP contribution in [0.1, 0.15) is 20.3 Å².